The normalized spacial score (nSPS) is 40.9. The summed E-state index contributed by atoms with van der Waals surface area (Å²) >= 11 is 0. The van der Waals surface area contributed by atoms with Crippen molar-refractivity contribution in [2.75, 3.05) is 54.4 Å². The van der Waals surface area contributed by atoms with E-state index in [9.17, 15) is 65.1 Å². The van der Waals surface area contributed by atoms with E-state index in [1.54, 1.807) is 12.2 Å². The van der Waals surface area contributed by atoms with Crippen molar-refractivity contribution in [1.82, 2.24) is 19.6 Å². The van der Waals surface area contributed by atoms with Crippen molar-refractivity contribution in [3.63, 3.8) is 0 Å². The molecule has 93 heavy (non-hydrogen) atoms. The molecule has 4 aromatic carbocycles. The SMILES string of the molecule is CN1CC[C@]23c4c5ccc(CO)c4O[C@H]2C(=O)C=C[C@@]3(O)[C@H]1C5.CN1CC[C@]23c4c5ccc(CO)c4O[C@H]2C(=O)C=C[C@@]3(O)[C@H]1C5.CN1CC[C@]23c4c5ccc(CO)c4O[C@H]2C(=O)CC(O)[C@@]3(O)[C@H]1C5.CN1CC[C@]23c4c5ccc(CO)c4O[C@H]2C(=O)CC[C@@]3(O)[C@H]1C5. The highest BCUT2D eigenvalue weighted by Crippen LogP contribution is 2.68. The van der Waals surface area contributed by atoms with Crippen LogP contribution in [0.2, 0.25) is 0 Å². The highest BCUT2D eigenvalue weighted by molar-refractivity contribution is 6.00. The van der Waals surface area contributed by atoms with Crippen LogP contribution >= 0.6 is 0 Å². The van der Waals surface area contributed by atoms with Crippen LogP contribution in [0.25, 0.3) is 0 Å². The fourth-order valence-electron chi connectivity index (χ4n) is 22.1. The number of hydrogen-bond acceptors (Lipinski definition) is 21. The molecule has 16 aliphatic rings. The Morgan fingerprint density at radius 3 is 1.20 bits per heavy atom. The molecule has 0 radical (unpaired) electrons. The highest BCUT2D eigenvalue weighted by atomic mass is 16.5. The number of Topliss-reactive ketones (excluding diaryl/α,β-unsaturated/α-hetero) is 2. The molecule has 20 rings (SSSR count). The monoisotopic (exact) mass is 1270 g/mol. The molecule has 4 spiro atoms. The zero-order chi connectivity index (χ0) is 64.8. The molecule has 4 saturated heterocycles. The van der Waals surface area contributed by atoms with Crippen molar-refractivity contribution in [2.45, 2.75) is 196 Å². The second kappa shape index (κ2) is 19.9. The number of aliphatic hydroxyl groups excluding tert-OH is 5. The summed E-state index contributed by atoms with van der Waals surface area (Å²) in [6.45, 7) is 2.67. The second-order valence-corrected chi connectivity index (χ2v) is 29.7. The Bertz CT molecular complexity index is 3910. The largest absolute Gasteiger partial charge is 0.481 e. The highest BCUT2D eigenvalue weighted by Gasteiger charge is 2.78. The predicted octanol–water partition coefficient (Wildman–Crippen LogP) is 0.650. The molecule has 8 bridgehead atoms. The first-order valence-corrected chi connectivity index (χ1v) is 33.1. The molecule has 0 aromatic heterocycles. The molecule has 8 aliphatic heterocycles. The van der Waals surface area contributed by atoms with Gasteiger partial charge in [-0.3, -0.25) is 29.0 Å². The van der Waals surface area contributed by atoms with Crippen LogP contribution in [0.3, 0.4) is 0 Å². The number of carbonyl (C=O) groups is 4. The predicted molar refractivity (Wildman–Crippen MR) is 331 cm³/mol. The van der Waals surface area contributed by atoms with Crippen LogP contribution in [0, 0.1) is 0 Å². The minimum atomic E-state index is -1.41. The van der Waals surface area contributed by atoms with Crippen molar-refractivity contribution < 1.29 is 84.1 Å². The smallest absolute Gasteiger partial charge is 0.196 e. The van der Waals surface area contributed by atoms with E-state index in [2.05, 4.69) is 26.6 Å². The molecular formula is C72H80N4O17. The summed E-state index contributed by atoms with van der Waals surface area (Å²) in [5.41, 5.74) is 3.46. The third kappa shape index (κ3) is 6.96. The van der Waals surface area contributed by atoms with E-state index in [0.29, 0.717) is 78.2 Å². The number of benzene rings is 4. The maximum atomic E-state index is 12.7. The Hall–Kier alpha value is -6.28. The van der Waals surface area contributed by atoms with Gasteiger partial charge in [0.15, 0.2) is 47.5 Å². The van der Waals surface area contributed by atoms with Gasteiger partial charge in [-0.1, -0.05) is 48.5 Å². The van der Waals surface area contributed by atoms with Gasteiger partial charge in [0, 0.05) is 81.5 Å². The summed E-state index contributed by atoms with van der Waals surface area (Å²) in [6, 6.07) is 15.2. The van der Waals surface area contributed by atoms with Crippen LogP contribution in [-0.2, 0) is 92.9 Å². The molecule has 8 heterocycles. The minimum Gasteiger partial charge on any atom is -0.481 e. The maximum Gasteiger partial charge on any atom is 0.196 e. The Labute approximate surface area is 537 Å². The van der Waals surface area contributed by atoms with Gasteiger partial charge in [0.25, 0.3) is 0 Å². The van der Waals surface area contributed by atoms with Crippen LogP contribution in [0.1, 0.15) is 112 Å². The number of aliphatic hydroxyl groups is 9. The van der Waals surface area contributed by atoms with Crippen LogP contribution < -0.4 is 18.9 Å². The fourth-order valence-corrected chi connectivity index (χ4v) is 22.1. The Morgan fingerprint density at radius 2 is 0.763 bits per heavy atom. The molecule has 17 atom stereocenters. The van der Waals surface area contributed by atoms with Gasteiger partial charge in [0.1, 0.15) is 39.8 Å². The first kappa shape index (κ1) is 60.4. The number of ketones is 4. The number of likely N-dealkylation sites (tertiary alicyclic amines) is 4. The van der Waals surface area contributed by atoms with Crippen molar-refractivity contribution in [1.29, 1.82) is 0 Å². The van der Waals surface area contributed by atoms with E-state index in [1.807, 2.05) is 69.7 Å². The van der Waals surface area contributed by atoms with Crippen molar-refractivity contribution in [2.24, 2.45) is 0 Å². The summed E-state index contributed by atoms with van der Waals surface area (Å²) in [7, 11) is 8.07. The van der Waals surface area contributed by atoms with Crippen LogP contribution in [-0.4, -0.2) is 220 Å². The van der Waals surface area contributed by atoms with E-state index < -0.39 is 74.6 Å². The number of rotatable bonds is 4. The van der Waals surface area contributed by atoms with Gasteiger partial charge in [-0.15, -0.1) is 0 Å². The molecular weight excluding hydrogens is 1190 g/mol. The van der Waals surface area contributed by atoms with Gasteiger partial charge in [0.2, 0.25) is 0 Å². The zero-order valence-corrected chi connectivity index (χ0v) is 52.6. The molecule has 6 fully saturated rings. The molecule has 21 heteroatoms. The van der Waals surface area contributed by atoms with Crippen molar-refractivity contribution in [3.05, 3.63) is 140 Å². The van der Waals surface area contributed by atoms with Gasteiger partial charge in [-0.25, -0.2) is 0 Å². The number of ether oxygens (including phenoxy) is 4. The van der Waals surface area contributed by atoms with E-state index in [4.69, 9.17) is 18.9 Å². The molecule has 0 amide bonds. The topological polar surface area (TPSA) is 300 Å². The quantitative estimate of drug-likeness (QED) is 0.136. The summed E-state index contributed by atoms with van der Waals surface area (Å²) in [5.74, 6) is 2.18. The summed E-state index contributed by atoms with van der Waals surface area (Å²) < 4.78 is 24.3. The molecule has 490 valence electrons. The molecule has 1 unspecified atom stereocenters. The van der Waals surface area contributed by atoms with Gasteiger partial charge in [-0.2, -0.15) is 0 Å². The van der Waals surface area contributed by atoms with E-state index in [0.717, 1.165) is 102 Å². The lowest BCUT2D eigenvalue weighted by atomic mass is 9.48. The van der Waals surface area contributed by atoms with Gasteiger partial charge >= 0.3 is 0 Å². The van der Waals surface area contributed by atoms with Crippen molar-refractivity contribution in [3.8, 4) is 23.0 Å². The summed E-state index contributed by atoms with van der Waals surface area (Å²) in [4.78, 5) is 59.1. The first-order valence-electron chi connectivity index (χ1n) is 33.1. The minimum absolute atomic E-state index is 0.0221. The van der Waals surface area contributed by atoms with Gasteiger partial charge in [0.05, 0.1) is 59.8 Å². The Kier molecular flexibility index (Phi) is 12.9. The van der Waals surface area contributed by atoms with Crippen molar-refractivity contribution >= 4 is 23.1 Å². The number of piperidine rings is 4. The van der Waals surface area contributed by atoms with E-state index in [1.165, 1.54) is 12.2 Å². The third-order valence-electron chi connectivity index (χ3n) is 26.5. The van der Waals surface area contributed by atoms with E-state index >= 15 is 0 Å². The average Bonchev–Trinajstić information content (AvgIpc) is 1.62. The summed E-state index contributed by atoms with van der Waals surface area (Å²) in [6.07, 6.45) is 8.71. The number of carbonyl (C=O) groups excluding carboxylic acids is 4. The van der Waals surface area contributed by atoms with Gasteiger partial charge in [-0.05, 0) is 159 Å². The standard InChI is InChI=1S/C18H21NO5.C18H21NO4.2C18H19NO4/c1-19-5-4-17-14-9-2-3-10(8-20)15(14)24-16(17)11(21)7-13(22)18(17,23)12(19)6-9;3*1-19-7-6-17-14-10-2-3-11(9-20)15(14)23-16(17)12(21)4-5-18(17,22)13(19)8-10/h2-3,12-13,16,20,22-23H,4-8H2,1H3;2-3,13,16,20,22H,4-9H2,1H3;2*2-5,13,16,20,22H,6-9H2,1H3/t12-,13?,16+,17+,18+;3*13-,16+,17+,18-/m1111/s1. The average molecular weight is 1270 g/mol. The Morgan fingerprint density at radius 1 is 0.419 bits per heavy atom. The molecule has 21 nitrogen and oxygen atoms in total. The second-order valence-electron chi connectivity index (χ2n) is 29.7. The maximum absolute atomic E-state index is 12.7. The van der Waals surface area contributed by atoms with Crippen LogP contribution in [0.4, 0.5) is 0 Å². The molecule has 4 aromatic rings. The fraction of sp³-hybridized carbons (Fsp3) is 0.556. The number of nitrogens with zero attached hydrogens (tertiary/aromatic N) is 4. The number of hydrogen-bond donors (Lipinski definition) is 9. The zero-order valence-electron chi connectivity index (χ0n) is 52.6. The molecule has 2 saturated carbocycles. The van der Waals surface area contributed by atoms with Crippen LogP contribution in [0.15, 0.2) is 72.8 Å². The van der Waals surface area contributed by atoms with Gasteiger partial charge < -0.3 is 74.7 Å². The Balaban J connectivity index is 0.0000000946. The molecule has 8 aliphatic carbocycles. The lowest BCUT2D eigenvalue weighted by molar-refractivity contribution is -0.226. The lowest BCUT2D eigenvalue weighted by Crippen LogP contribution is -2.80. The van der Waals surface area contributed by atoms with Crippen LogP contribution in [0.5, 0.6) is 23.0 Å². The lowest BCUT2D eigenvalue weighted by Gasteiger charge is -2.63. The number of likely N-dealkylation sites (N-methyl/N-ethyl adjacent to an activating group) is 4. The van der Waals surface area contributed by atoms with E-state index in [-0.39, 0.29) is 80.1 Å². The molecule has 9 N–H and O–H groups in total. The third-order valence-corrected chi connectivity index (χ3v) is 26.5. The first-order chi connectivity index (χ1) is 44.5. The summed E-state index contributed by atoms with van der Waals surface area (Å²) in [5, 5.41) is 96.1.